The van der Waals surface area contributed by atoms with Crippen LogP contribution in [0.25, 0.3) is 10.2 Å². The van der Waals surface area contributed by atoms with E-state index < -0.39 is 0 Å². The quantitative estimate of drug-likeness (QED) is 0.648. The van der Waals surface area contributed by atoms with Crippen LogP contribution in [0.2, 0.25) is 0 Å². The predicted octanol–water partition coefficient (Wildman–Crippen LogP) is 4.59. The molecule has 5 nitrogen and oxygen atoms in total. The van der Waals surface area contributed by atoms with Gasteiger partial charge in [-0.3, -0.25) is 10.1 Å². The minimum atomic E-state index is -0.328. The predicted molar refractivity (Wildman–Crippen MR) is 86.0 cm³/mol. The van der Waals surface area contributed by atoms with Crippen molar-refractivity contribution in [3.8, 4) is 0 Å². The lowest BCUT2D eigenvalue weighted by molar-refractivity contribution is -0.382. The summed E-state index contributed by atoms with van der Waals surface area (Å²) in [5, 5.41) is 14.6. The van der Waals surface area contributed by atoms with Crippen molar-refractivity contribution in [1.29, 1.82) is 0 Å². The minimum Gasteiger partial charge on any atom is -0.379 e. The molecule has 1 saturated carbocycles. The van der Waals surface area contributed by atoms with Gasteiger partial charge in [0.2, 0.25) is 0 Å². The zero-order chi connectivity index (χ0) is 14.7. The fourth-order valence-corrected chi connectivity index (χ4v) is 3.81. The zero-order valence-corrected chi connectivity index (χ0v) is 12.7. The Morgan fingerprint density at radius 3 is 2.90 bits per heavy atom. The Morgan fingerprint density at radius 1 is 1.33 bits per heavy atom. The van der Waals surface area contributed by atoms with Gasteiger partial charge in [0.25, 0.3) is 0 Å². The Kier molecular flexibility index (Phi) is 4.34. The van der Waals surface area contributed by atoms with Gasteiger partial charge in [0.05, 0.1) is 15.1 Å². The van der Waals surface area contributed by atoms with Gasteiger partial charge in [-0.1, -0.05) is 32.1 Å². The molecule has 1 N–H and O–H groups in total. The standard InChI is InChI=1S/C15H19N3O2S/c19-18(20)15-12(6-7-13-14(15)17-10-21-13)16-9-8-11-4-2-1-3-5-11/h6-7,10-11,16H,1-5,8-9H2. The van der Waals surface area contributed by atoms with Gasteiger partial charge in [0.1, 0.15) is 5.69 Å². The van der Waals surface area contributed by atoms with Crippen LogP contribution in [0.4, 0.5) is 11.4 Å². The first-order valence-corrected chi connectivity index (χ1v) is 8.38. The molecule has 6 heteroatoms. The number of aromatic nitrogens is 1. The van der Waals surface area contributed by atoms with Crippen molar-refractivity contribution >= 4 is 32.9 Å². The van der Waals surface area contributed by atoms with Crippen molar-refractivity contribution in [2.45, 2.75) is 38.5 Å². The molecule has 1 aromatic carbocycles. The summed E-state index contributed by atoms with van der Waals surface area (Å²) in [4.78, 5) is 15.1. The molecule has 0 unspecified atom stereocenters. The smallest absolute Gasteiger partial charge is 0.319 e. The van der Waals surface area contributed by atoms with E-state index in [1.54, 1.807) is 11.6 Å². The summed E-state index contributed by atoms with van der Waals surface area (Å²) in [5.74, 6) is 0.772. The Balaban J connectivity index is 1.71. The highest BCUT2D eigenvalue weighted by Gasteiger charge is 2.21. The van der Waals surface area contributed by atoms with Crippen LogP contribution in [0.5, 0.6) is 0 Å². The van der Waals surface area contributed by atoms with Crippen LogP contribution < -0.4 is 5.32 Å². The molecule has 0 spiro atoms. The summed E-state index contributed by atoms with van der Waals surface area (Å²) in [5.41, 5.74) is 2.85. The van der Waals surface area contributed by atoms with Crippen molar-refractivity contribution < 1.29 is 4.92 Å². The first-order valence-electron chi connectivity index (χ1n) is 7.50. The fraction of sp³-hybridized carbons (Fsp3) is 0.533. The second-order valence-corrected chi connectivity index (χ2v) is 6.52. The number of nitrogens with zero attached hydrogens (tertiary/aromatic N) is 2. The molecule has 0 amide bonds. The number of hydrogen-bond donors (Lipinski definition) is 1. The number of fused-ring (bicyclic) bond motifs is 1. The molecule has 0 atom stereocenters. The molecule has 1 fully saturated rings. The first-order chi connectivity index (χ1) is 10.3. The Labute approximate surface area is 127 Å². The molecule has 21 heavy (non-hydrogen) atoms. The number of nitro benzene ring substituents is 1. The van der Waals surface area contributed by atoms with Gasteiger partial charge in [0, 0.05) is 6.54 Å². The molecular formula is C15H19N3O2S. The molecule has 1 aliphatic rings. The lowest BCUT2D eigenvalue weighted by Gasteiger charge is -2.21. The highest BCUT2D eigenvalue weighted by molar-refractivity contribution is 7.16. The topological polar surface area (TPSA) is 68.1 Å². The van der Waals surface area contributed by atoms with E-state index in [4.69, 9.17) is 0 Å². The second-order valence-electron chi connectivity index (χ2n) is 5.64. The summed E-state index contributed by atoms with van der Waals surface area (Å²) >= 11 is 1.43. The van der Waals surface area contributed by atoms with Crippen LogP contribution in [0.15, 0.2) is 17.6 Å². The van der Waals surface area contributed by atoms with Crippen LogP contribution in [0.1, 0.15) is 38.5 Å². The Bertz CT molecular complexity index is 635. The number of benzene rings is 1. The van der Waals surface area contributed by atoms with E-state index in [1.807, 2.05) is 6.07 Å². The number of anilines is 1. The van der Waals surface area contributed by atoms with E-state index in [0.29, 0.717) is 11.2 Å². The summed E-state index contributed by atoms with van der Waals surface area (Å²) in [6, 6.07) is 3.71. The van der Waals surface area contributed by atoms with E-state index in [0.717, 1.165) is 23.6 Å². The number of hydrogen-bond acceptors (Lipinski definition) is 5. The van der Waals surface area contributed by atoms with Gasteiger partial charge in [0.15, 0.2) is 5.52 Å². The summed E-state index contributed by atoms with van der Waals surface area (Å²) in [7, 11) is 0. The number of thiazole rings is 1. The van der Waals surface area contributed by atoms with Crippen LogP contribution in [0, 0.1) is 16.0 Å². The van der Waals surface area contributed by atoms with Gasteiger partial charge in [-0.2, -0.15) is 0 Å². The summed E-state index contributed by atoms with van der Waals surface area (Å²) in [6.07, 6.45) is 7.71. The maximum absolute atomic E-state index is 11.3. The van der Waals surface area contributed by atoms with Crippen molar-refractivity contribution in [2.75, 3.05) is 11.9 Å². The molecule has 1 aromatic heterocycles. The Morgan fingerprint density at radius 2 is 2.14 bits per heavy atom. The summed E-state index contributed by atoms with van der Waals surface area (Å²) in [6.45, 7) is 0.793. The van der Waals surface area contributed by atoms with Crippen molar-refractivity contribution in [3.63, 3.8) is 0 Å². The SMILES string of the molecule is O=[N+]([O-])c1c(NCCC2CCCCC2)ccc2scnc12. The largest absolute Gasteiger partial charge is 0.379 e. The van der Waals surface area contributed by atoms with Gasteiger partial charge < -0.3 is 5.32 Å². The molecular weight excluding hydrogens is 286 g/mol. The first kappa shape index (κ1) is 14.3. The molecule has 2 aromatic rings. The van der Waals surface area contributed by atoms with Gasteiger partial charge in [-0.05, 0) is 24.5 Å². The molecule has 0 saturated heterocycles. The highest BCUT2D eigenvalue weighted by atomic mass is 32.1. The average Bonchev–Trinajstić information content (AvgIpc) is 2.96. The maximum atomic E-state index is 11.3. The number of nitro groups is 1. The lowest BCUT2D eigenvalue weighted by Crippen LogP contribution is -2.12. The van der Waals surface area contributed by atoms with Crippen molar-refractivity contribution in [3.05, 3.63) is 27.8 Å². The van der Waals surface area contributed by atoms with E-state index in [1.165, 1.54) is 43.4 Å². The van der Waals surface area contributed by atoms with Crippen LogP contribution in [-0.4, -0.2) is 16.5 Å². The Hall–Kier alpha value is -1.69. The molecule has 0 bridgehead atoms. The number of nitrogens with one attached hydrogen (secondary N) is 1. The molecule has 0 aliphatic heterocycles. The molecule has 3 rings (SSSR count). The third-order valence-electron chi connectivity index (χ3n) is 4.25. The highest BCUT2D eigenvalue weighted by Crippen LogP contribution is 2.34. The van der Waals surface area contributed by atoms with E-state index >= 15 is 0 Å². The van der Waals surface area contributed by atoms with Crippen molar-refractivity contribution in [2.24, 2.45) is 5.92 Å². The van der Waals surface area contributed by atoms with Crippen LogP contribution >= 0.6 is 11.3 Å². The normalized spacial score (nSPS) is 16.2. The minimum absolute atomic E-state index is 0.109. The molecule has 112 valence electrons. The van der Waals surface area contributed by atoms with Gasteiger partial charge in [-0.15, -0.1) is 11.3 Å². The second kappa shape index (κ2) is 6.39. The third kappa shape index (κ3) is 3.15. The number of rotatable bonds is 5. The average molecular weight is 305 g/mol. The molecule has 1 heterocycles. The monoisotopic (exact) mass is 305 g/mol. The van der Waals surface area contributed by atoms with E-state index in [2.05, 4.69) is 10.3 Å². The third-order valence-corrected chi connectivity index (χ3v) is 5.05. The molecule has 1 aliphatic carbocycles. The van der Waals surface area contributed by atoms with E-state index in [-0.39, 0.29) is 10.6 Å². The van der Waals surface area contributed by atoms with E-state index in [9.17, 15) is 10.1 Å². The lowest BCUT2D eigenvalue weighted by atomic mass is 9.87. The van der Waals surface area contributed by atoms with Crippen molar-refractivity contribution in [1.82, 2.24) is 4.98 Å². The van der Waals surface area contributed by atoms with Gasteiger partial charge in [-0.25, -0.2) is 4.98 Å². The maximum Gasteiger partial charge on any atom is 0.319 e. The summed E-state index contributed by atoms with van der Waals surface area (Å²) < 4.78 is 0.861. The van der Waals surface area contributed by atoms with Gasteiger partial charge >= 0.3 is 5.69 Å². The molecule has 0 radical (unpaired) electrons. The zero-order valence-electron chi connectivity index (χ0n) is 11.9. The fourth-order valence-electron chi connectivity index (χ4n) is 3.13. The van der Waals surface area contributed by atoms with Crippen LogP contribution in [-0.2, 0) is 0 Å². The van der Waals surface area contributed by atoms with Crippen LogP contribution in [0.3, 0.4) is 0 Å².